The Morgan fingerprint density at radius 2 is 1.82 bits per heavy atom. The zero-order valence-corrected chi connectivity index (χ0v) is 18.5. The lowest BCUT2D eigenvalue weighted by Crippen LogP contribution is -2.42. The van der Waals surface area contributed by atoms with Crippen molar-refractivity contribution in [2.24, 2.45) is 0 Å². The number of carboxylic acids is 1. The quantitative estimate of drug-likeness (QED) is 0.369. The summed E-state index contributed by atoms with van der Waals surface area (Å²) < 4.78 is 0. The van der Waals surface area contributed by atoms with Crippen molar-refractivity contribution in [3.8, 4) is 11.3 Å². The maximum Gasteiger partial charge on any atom is 0.326 e. The fourth-order valence-corrected chi connectivity index (χ4v) is 3.40. The van der Waals surface area contributed by atoms with Gasteiger partial charge in [0.2, 0.25) is 5.95 Å². The average Bonchev–Trinajstić information content (AvgIpc) is 2.86. The number of amides is 1. The second-order valence-electron chi connectivity index (χ2n) is 7.72. The predicted molar refractivity (Wildman–Crippen MR) is 129 cm³/mol. The number of aromatic nitrogens is 3. The van der Waals surface area contributed by atoms with Gasteiger partial charge in [0.05, 0.1) is 5.69 Å². The minimum atomic E-state index is -1.09. The van der Waals surface area contributed by atoms with Crippen LogP contribution in [0, 0.1) is 6.92 Å². The highest BCUT2D eigenvalue weighted by atomic mass is 16.4. The Hall–Kier alpha value is -4.59. The number of benzene rings is 2. The molecule has 8 nitrogen and oxygen atoms in total. The number of hydrogen-bond acceptors (Lipinski definition) is 6. The fraction of sp³-hybridized carbons (Fsp3) is 0.115. The smallest absolute Gasteiger partial charge is 0.326 e. The second-order valence-corrected chi connectivity index (χ2v) is 7.72. The van der Waals surface area contributed by atoms with Crippen LogP contribution in [-0.4, -0.2) is 38.0 Å². The van der Waals surface area contributed by atoms with Gasteiger partial charge < -0.3 is 15.7 Å². The highest BCUT2D eigenvalue weighted by Gasteiger charge is 2.21. The predicted octanol–water partition coefficient (Wildman–Crippen LogP) is 4.02. The van der Waals surface area contributed by atoms with E-state index in [2.05, 4.69) is 25.6 Å². The maximum absolute atomic E-state index is 12.9. The number of aryl methyl sites for hydroxylation is 1. The third-order valence-corrected chi connectivity index (χ3v) is 5.25. The van der Waals surface area contributed by atoms with Gasteiger partial charge in [-0.1, -0.05) is 36.4 Å². The molecule has 0 aliphatic carbocycles. The molecule has 4 rings (SSSR count). The molecule has 0 radical (unpaired) electrons. The Kier molecular flexibility index (Phi) is 6.88. The van der Waals surface area contributed by atoms with Gasteiger partial charge in [0.15, 0.2) is 0 Å². The number of carboxylic acid groups (broad SMARTS) is 1. The lowest BCUT2D eigenvalue weighted by molar-refractivity contribution is -0.139. The van der Waals surface area contributed by atoms with Gasteiger partial charge in [-0.3, -0.25) is 9.78 Å². The summed E-state index contributed by atoms with van der Waals surface area (Å²) in [5.41, 5.74) is 4.25. The van der Waals surface area contributed by atoms with Gasteiger partial charge in [-0.05, 0) is 48.4 Å². The molecule has 0 unspecified atom stereocenters. The van der Waals surface area contributed by atoms with E-state index in [1.54, 1.807) is 42.9 Å². The van der Waals surface area contributed by atoms with E-state index in [-0.39, 0.29) is 6.42 Å². The van der Waals surface area contributed by atoms with E-state index in [0.29, 0.717) is 22.9 Å². The second kappa shape index (κ2) is 10.4. The Bertz CT molecular complexity index is 1300. The molecule has 1 amide bonds. The van der Waals surface area contributed by atoms with Gasteiger partial charge >= 0.3 is 5.97 Å². The number of aliphatic carboxylic acids is 1. The summed E-state index contributed by atoms with van der Waals surface area (Å²) in [6, 6.07) is 18.8. The topological polar surface area (TPSA) is 117 Å². The Labute approximate surface area is 196 Å². The summed E-state index contributed by atoms with van der Waals surface area (Å²) in [6.07, 6.45) is 5.24. The molecule has 4 aromatic rings. The van der Waals surface area contributed by atoms with Crippen molar-refractivity contribution in [2.75, 3.05) is 5.32 Å². The zero-order chi connectivity index (χ0) is 23.9. The molecular formula is C26H23N5O3. The molecule has 0 saturated carbocycles. The van der Waals surface area contributed by atoms with Crippen molar-refractivity contribution in [3.63, 3.8) is 0 Å². The SMILES string of the molecule is Cc1ccc(C(=O)N[C@@H](Cc2ccccc2)C(=O)O)cc1Nc1nccc(-c2cccnc2)n1. The molecule has 0 spiro atoms. The molecule has 2 aromatic carbocycles. The first kappa shape index (κ1) is 22.6. The van der Waals surface area contributed by atoms with Crippen molar-refractivity contribution < 1.29 is 14.7 Å². The third kappa shape index (κ3) is 5.60. The van der Waals surface area contributed by atoms with E-state index in [9.17, 15) is 14.7 Å². The summed E-state index contributed by atoms with van der Waals surface area (Å²) in [6.45, 7) is 1.89. The molecular weight excluding hydrogens is 430 g/mol. The summed E-state index contributed by atoms with van der Waals surface area (Å²) in [5, 5.41) is 15.4. The molecule has 34 heavy (non-hydrogen) atoms. The standard InChI is InChI=1S/C26H23N5O3/c1-17-9-10-19(24(32)29-23(25(33)34)14-18-6-3-2-4-7-18)15-22(17)31-26-28-13-11-21(30-26)20-8-5-12-27-16-20/h2-13,15-16,23H,14H2,1H3,(H,29,32)(H,33,34)(H,28,30,31)/t23-/m0/s1. The first-order chi connectivity index (χ1) is 16.5. The van der Waals surface area contributed by atoms with Gasteiger partial charge in [0.25, 0.3) is 5.91 Å². The van der Waals surface area contributed by atoms with Crippen molar-refractivity contribution >= 4 is 23.5 Å². The molecule has 0 aliphatic rings. The number of hydrogen-bond donors (Lipinski definition) is 3. The number of pyridine rings is 1. The normalized spacial score (nSPS) is 11.4. The molecule has 0 bridgehead atoms. The van der Waals surface area contributed by atoms with Gasteiger partial charge in [-0.15, -0.1) is 0 Å². The first-order valence-corrected chi connectivity index (χ1v) is 10.7. The molecule has 2 heterocycles. The molecule has 0 aliphatic heterocycles. The minimum absolute atomic E-state index is 0.188. The zero-order valence-electron chi connectivity index (χ0n) is 18.5. The van der Waals surface area contributed by atoms with Crippen LogP contribution >= 0.6 is 0 Å². The van der Waals surface area contributed by atoms with Crippen molar-refractivity contribution in [1.29, 1.82) is 0 Å². The fourth-order valence-electron chi connectivity index (χ4n) is 3.40. The van der Waals surface area contributed by atoms with Crippen molar-refractivity contribution in [3.05, 3.63) is 102 Å². The number of carbonyl (C=O) groups is 2. The van der Waals surface area contributed by atoms with E-state index in [0.717, 1.165) is 16.7 Å². The lowest BCUT2D eigenvalue weighted by Gasteiger charge is -2.16. The van der Waals surface area contributed by atoms with Crippen LogP contribution in [0.1, 0.15) is 21.5 Å². The number of carbonyl (C=O) groups excluding carboxylic acids is 1. The van der Waals surface area contributed by atoms with Crippen LogP contribution in [0.4, 0.5) is 11.6 Å². The van der Waals surface area contributed by atoms with Crippen LogP contribution in [0.5, 0.6) is 0 Å². The van der Waals surface area contributed by atoms with Crippen LogP contribution in [-0.2, 0) is 11.2 Å². The molecule has 0 saturated heterocycles. The molecule has 1 atom stereocenters. The molecule has 2 aromatic heterocycles. The summed E-state index contributed by atoms with van der Waals surface area (Å²) >= 11 is 0. The summed E-state index contributed by atoms with van der Waals surface area (Å²) in [7, 11) is 0. The third-order valence-electron chi connectivity index (χ3n) is 5.25. The van der Waals surface area contributed by atoms with Crippen LogP contribution in [0.2, 0.25) is 0 Å². The van der Waals surface area contributed by atoms with Gasteiger partial charge in [0.1, 0.15) is 6.04 Å². The van der Waals surface area contributed by atoms with Crippen molar-refractivity contribution in [1.82, 2.24) is 20.3 Å². The Morgan fingerprint density at radius 1 is 1.00 bits per heavy atom. The number of anilines is 2. The molecule has 3 N–H and O–H groups in total. The largest absolute Gasteiger partial charge is 0.480 e. The van der Waals surface area contributed by atoms with Crippen LogP contribution in [0.25, 0.3) is 11.3 Å². The van der Waals surface area contributed by atoms with E-state index >= 15 is 0 Å². The van der Waals surface area contributed by atoms with Crippen LogP contribution in [0.3, 0.4) is 0 Å². The molecule has 170 valence electrons. The highest BCUT2D eigenvalue weighted by molar-refractivity contribution is 5.97. The first-order valence-electron chi connectivity index (χ1n) is 10.7. The molecule has 8 heteroatoms. The number of nitrogens with zero attached hydrogens (tertiary/aromatic N) is 3. The minimum Gasteiger partial charge on any atom is -0.480 e. The van der Waals surface area contributed by atoms with Gasteiger partial charge in [-0.2, -0.15) is 0 Å². The van der Waals surface area contributed by atoms with Gasteiger partial charge in [-0.25, -0.2) is 14.8 Å². The highest BCUT2D eigenvalue weighted by Crippen LogP contribution is 2.22. The maximum atomic E-state index is 12.9. The number of rotatable bonds is 8. The monoisotopic (exact) mass is 453 g/mol. The van der Waals surface area contributed by atoms with E-state index in [4.69, 9.17) is 0 Å². The van der Waals surface area contributed by atoms with Crippen molar-refractivity contribution in [2.45, 2.75) is 19.4 Å². The van der Waals surface area contributed by atoms with Crippen LogP contribution in [0.15, 0.2) is 85.3 Å². The lowest BCUT2D eigenvalue weighted by atomic mass is 10.0. The molecule has 0 fully saturated rings. The Balaban J connectivity index is 1.51. The van der Waals surface area contributed by atoms with E-state index in [1.165, 1.54) is 0 Å². The van der Waals surface area contributed by atoms with Gasteiger partial charge in [0, 0.05) is 41.8 Å². The van der Waals surface area contributed by atoms with Crippen LogP contribution < -0.4 is 10.6 Å². The Morgan fingerprint density at radius 3 is 2.56 bits per heavy atom. The van der Waals surface area contributed by atoms with E-state index < -0.39 is 17.9 Å². The summed E-state index contributed by atoms with van der Waals surface area (Å²) in [5.74, 6) is -1.20. The van der Waals surface area contributed by atoms with E-state index in [1.807, 2.05) is 49.4 Å². The summed E-state index contributed by atoms with van der Waals surface area (Å²) in [4.78, 5) is 37.5. The average molecular weight is 454 g/mol. The number of nitrogens with one attached hydrogen (secondary N) is 2.